The number of non-ortho nitro benzene ring substituents is 1. The molecule has 0 aliphatic carbocycles. The van der Waals surface area contributed by atoms with Gasteiger partial charge in [0.1, 0.15) is 12.0 Å². The molecule has 1 aliphatic heterocycles. The Bertz CT molecular complexity index is 922. The molecule has 27 heavy (non-hydrogen) atoms. The maximum absolute atomic E-state index is 12.5. The number of carbonyl (C=O) groups excluding carboxylic acids is 1. The molecule has 0 bridgehead atoms. The summed E-state index contributed by atoms with van der Waals surface area (Å²) in [5, 5.41) is 20.6. The normalized spacial score (nSPS) is 18.2. The Balaban J connectivity index is 2.12. The number of carboxylic acids is 1. The number of nitrogens with zero attached hydrogens (tertiary/aromatic N) is 1. The van der Waals surface area contributed by atoms with Crippen LogP contribution in [0, 0.1) is 10.1 Å². The fourth-order valence-electron chi connectivity index (χ4n) is 3.05. The number of carboxylic acid groups (broad SMARTS) is 1. The second kappa shape index (κ2) is 6.94. The smallest absolute Gasteiger partial charge is 0.339 e. The quantitative estimate of drug-likeness (QED) is 0.482. The molecule has 3 rings (SSSR count). The first-order valence-electron chi connectivity index (χ1n) is 7.81. The molecular weight excluding hydrogens is 358 g/mol. The van der Waals surface area contributed by atoms with E-state index in [9.17, 15) is 24.8 Å². The molecule has 2 aromatic carbocycles. The first-order chi connectivity index (χ1) is 12.9. The van der Waals surface area contributed by atoms with Gasteiger partial charge in [0.2, 0.25) is 0 Å². The first kappa shape index (κ1) is 18.2. The highest BCUT2D eigenvalue weighted by Gasteiger charge is 2.42. The fourth-order valence-corrected chi connectivity index (χ4v) is 3.05. The van der Waals surface area contributed by atoms with E-state index in [1.807, 2.05) is 0 Å². The molecule has 0 saturated heterocycles. The van der Waals surface area contributed by atoms with Crippen LogP contribution in [0.15, 0.2) is 36.4 Å². The van der Waals surface area contributed by atoms with Gasteiger partial charge in [-0.15, -0.1) is 0 Å². The van der Waals surface area contributed by atoms with Crippen LogP contribution in [-0.2, 0) is 9.53 Å². The van der Waals surface area contributed by atoms with Crippen molar-refractivity contribution < 1.29 is 33.8 Å². The van der Waals surface area contributed by atoms with Crippen LogP contribution in [0.25, 0.3) is 0 Å². The molecule has 0 unspecified atom stereocenters. The van der Waals surface area contributed by atoms with Crippen molar-refractivity contribution in [3.63, 3.8) is 0 Å². The van der Waals surface area contributed by atoms with Crippen LogP contribution in [0.2, 0.25) is 0 Å². The third-order valence-electron chi connectivity index (χ3n) is 4.35. The second-order valence-corrected chi connectivity index (χ2v) is 5.78. The number of rotatable bonds is 5. The summed E-state index contributed by atoms with van der Waals surface area (Å²) in [5.41, 5.74) is 0.472. The Morgan fingerprint density at radius 2 is 1.74 bits per heavy atom. The number of nitro groups is 1. The van der Waals surface area contributed by atoms with Crippen LogP contribution in [0.3, 0.4) is 0 Å². The molecular formula is C18H15NO8. The molecule has 140 valence electrons. The standard InChI is InChI=1S/C18H15NO8/c1-25-13-7-11-12(8-14(13)26-2)18(22)27-16(15(11)17(20)21)9-3-5-10(6-4-9)19(23)24/h3-8,15-16H,1-2H3,(H,20,21)/t15-,16+/m0/s1. The van der Waals surface area contributed by atoms with E-state index in [2.05, 4.69) is 0 Å². The lowest BCUT2D eigenvalue weighted by Gasteiger charge is -2.31. The van der Waals surface area contributed by atoms with E-state index in [1.54, 1.807) is 0 Å². The fraction of sp³-hybridized carbons (Fsp3) is 0.222. The Labute approximate surface area is 153 Å². The van der Waals surface area contributed by atoms with Gasteiger partial charge in [0.25, 0.3) is 5.69 Å². The van der Waals surface area contributed by atoms with Gasteiger partial charge < -0.3 is 19.3 Å². The molecule has 1 heterocycles. The summed E-state index contributed by atoms with van der Waals surface area (Å²) in [6.07, 6.45) is -1.14. The lowest BCUT2D eigenvalue weighted by molar-refractivity contribution is -0.384. The summed E-state index contributed by atoms with van der Waals surface area (Å²) >= 11 is 0. The van der Waals surface area contributed by atoms with Crippen molar-refractivity contribution in [1.82, 2.24) is 0 Å². The summed E-state index contributed by atoms with van der Waals surface area (Å²) in [7, 11) is 2.79. The number of fused-ring (bicyclic) bond motifs is 1. The predicted molar refractivity (Wildman–Crippen MR) is 91.2 cm³/mol. The van der Waals surface area contributed by atoms with E-state index in [0.717, 1.165) is 0 Å². The van der Waals surface area contributed by atoms with E-state index in [0.29, 0.717) is 5.56 Å². The van der Waals surface area contributed by atoms with Crippen molar-refractivity contribution in [3.05, 3.63) is 63.2 Å². The largest absolute Gasteiger partial charge is 0.493 e. The van der Waals surface area contributed by atoms with Gasteiger partial charge in [0.05, 0.1) is 24.7 Å². The molecule has 0 fully saturated rings. The van der Waals surface area contributed by atoms with Gasteiger partial charge >= 0.3 is 11.9 Å². The Morgan fingerprint density at radius 3 is 2.26 bits per heavy atom. The van der Waals surface area contributed by atoms with Gasteiger partial charge in [0, 0.05) is 12.1 Å². The zero-order chi connectivity index (χ0) is 19.7. The number of hydrogen-bond donors (Lipinski definition) is 1. The minimum absolute atomic E-state index is 0.0678. The van der Waals surface area contributed by atoms with Crippen molar-refractivity contribution in [2.75, 3.05) is 14.2 Å². The Kier molecular flexibility index (Phi) is 4.68. The third kappa shape index (κ3) is 3.14. The van der Waals surface area contributed by atoms with E-state index < -0.39 is 28.9 Å². The van der Waals surface area contributed by atoms with Crippen molar-refractivity contribution in [3.8, 4) is 11.5 Å². The predicted octanol–water partition coefficient (Wildman–Crippen LogP) is 2.69. The maximum atomic E-state index is 12.5. The lowest BCUT2D eigenvalue weighted by atomic mass is 9.83. The van der Waals surface area contributed by atoms with Gasteiger partial charge in [-0.1, -0.05) is 0 Å². The number of aliphatic carboxylic acids is 1. The molecule has 0 saturated carbocycles. The molecule has 0 radical (unpaired) electrons. The minimum Gasteiger partial charge on any atom is -0.493 e. The molecule has 0 amide bonds. The van der Waals surface area contributed by atoms with E-state index in [-0.39, 0.29) is 28.3 Å². The molecule has 2 aromatic rings. The number of esters is 1. The highest BCUT2D eigenvalue weighted by Crippen LogP contribution is 2.44. The number of ether oxygens (including phenoxy) is 3. The van der Waals surface area contributed by atoms with Crippen molar-refractivity contribution in [2.24, 2.45) is 0 Å². The molecule has 1 aliphatic rings. The number of cyclic esters (lactones) is 1. The van der Waals surface area contributed by atoms with Crippen LogP contribution in [0.1, 0.15) is 33.5 Å². The average Bonchev–Trinajstić information content (AvgIpc) is 2.66. The third-order valence-corrected chi connectivity index (χ3v) is 4.35. The van der Waals surface area contributed by atoms with Crippen LogP contribution in [-0.4, -0.2) is 36.2 Å². The zero-order valence-corrected chi connectivity index (χ0v) is 14.4. The second-order valence-electron chi connectivity index (χ2n) is 5.78. The lowest BCUT2D eigenvalue weighted by Crippen LogP contribution is -2.31. The topological polar surface area (TPSA) is 125 Å². The van der Waals surface area contributed by atoms with E-state index in [4.69, 9.17) is 14.2 Å². The number of nitro benzene ring substituents is 1. The number of methoxy groups -OCH3 is 2. The van der Waals surface area contributed by atoms with Crippen molar-refractivity contribution in [2.45, 2.75) is 12.0 Å². The number of carbonyl (C=O) groups is 2. The zero-order valence-electron chi connectivity index (χ0n) is 14.4. The monoisotopic (exact) mass is 373 g/mol. The summed E-state index contributed by atoms with van der Waals surface area (Å²) in [4.78, 5) is 34.7. The van der Waals surface area contributed by atoms with Crippen LogP contribution in [0.4, 0.5) is 5.69 Å². The van der Waals surface area contributed by atoms with Crippen molar-refractivity contribution in [1.29, 1.82) is 0 Å². The van der Waals surface area contributed by atoms with Crippen LogP contribution >= 0.6 is 0 Å². The summed E-state index contributed by atoms with van der Waals surface area (Å²) < 4.78 is 15.7. The molecule has 9 heteroatoms. The summed E-state index contributed by atoms with van der Waals surface area (Å²) in [5.74, 6) is -2.59. The van der Waals surface area contributed by atoms with E-state index in [1.165, 1.54) is 50.6 Å². The van der Waals surface area contributed by atoms with E-state index >= 15 is 0 Å². The molecule has 1 N–H and O–H groups in total. The molecule has 0 aromatic heterocycles. The Morgan fingerprint density at radius 1 is 1.15 bits per heavy atom. The van der Waals surface area contributed by atoms with Gasteiger partial charge in [-0.25, -0.2) is 4.79 Å². The summed E-state index contributed by atoms with van der Waals surface area (Å²) in [6, 6.07) is 8.01. The minimum atomic E-state index is -1.21. The first-order valence-corrected chi connectivity index (χ1v) is 7.81. The number of benzene rings is 2. The van der Waals surface area contributed by atoms with Crippen LogP contribution in [0.5, 0.6) is 11.5 Å². The van der Waals surface area contributed by atoms with Gasteiger partial charge in [0.15, 0.2) is 11.5 Å². The average molecular weight is 373 g/mol. The SMILES string of the molecule is COc1cc2c(cc1OC)[C@H](C(=O)O)[C@@H](c1ccc([N+](=O)[O-])cc1)OC2=O. The number of hydrogen-bond acceptors (Lipinski definition) is 7. The van der Waals surface area contributed by atoms with Gasteiger partial charge in [-0.05, 0) is 35.4 Å². The highest BCUT2D eigenvalue weighted by molar-refractivity contribution is 5.97. The highest BCUT2D eigenvalue weighted by atomic mass is 16.6. The van der Waals surface area contributed by atoms with Gasteiger partial charge in [-0.2, -0.15) is 0 Å². The van der Waals surface area contributed by atoms with Crippen molar-refractivity contribution >= 4 is 17.6 Å². The van der Waals surface area contributed by atoms with Crippen LogP contribution < -0.4 is 9.47 Å². The molecule has 2 atom stereocenters. The molecule has 0 spiro atoms. The maximum Gasteiger partial charge on any atom is 0.339 e. The summed E-state index contributed by atoms with van der Waals surface area (Å²) in [6.45, 7) is 0. The molecule has 9 nitrogen and oxygen atoms in total. The van der Waals surface area contributed by atoms with Gasteiger partial charge in [-0.3, -0.25) is 14.9 Å². The Hall–Kier alpha value is -3.62.